The summed E-state index contributed by atoms with van der Waals surface area (Å²) in [5.74, 6) is -0.313. The molecule has 3 heteroatoms. The van der Waals surface area contributed by atoms with Crippen LogP contribution in [0.5, 0.6) is 0 Å². The average molecular weight is 201 g/mol. The highest BCUT2D eigenvalue weighted by Gasteiger charge is 2.06. The first-order valence-corrected chi connectivity index (χ1v) is 4.63. The molecule has 76 valence electrons. The molecule has 0 saturated carbocycles. The third-order valence-electron chi connectivity index (χ3n) is 2.24. The monoisotopic (exact) mass is 201 g/mol. The first-order chi connectivity index (χ1) is 7.33. The molecule has 0 amide bonds. The Hall–Kier alpha value is -2.03. The zero-order valence-corrected chi connectivity index (χ0v) is 8.36. The summed E-state index contributed by atoms with van der Waals surface area (Å²) in [4.78, 5) is 11.5. The van der Waals surface area contributed by atoms with Crippen LogP contribution in [0.4, 0.5) is 0 Å². The van der Waals surface area contributed by atoms with Crippen LogP contribution in [0.3, 0.4) is 0 Å². The number of nitrogens with one attached hydrogen (secondary N) is 1. The number of carbonyl (C=O) groups is 1. The maximum Gasteiger partial charge on any atom is 0.338 e. The standard InChI is InChI=1S/C12H11NO2/c1-15-12(14)11-5-2-4-9-8-13-7-3-6-10(9)11/h2-8,13H,1H3. The predicted molar refractivity (Wildman–Crippen MR) is 58.2 cm³/mol. The fourth-order valence-electron chi connectivity index (χ4n) is 1.52. The summed E-state index contributed by atoms with van der Waals surface area (Å²) in [7, 11) is 1.39. The van der Waals surface area contributed by atoms with Crippen LogP contribution in [0.15, 0.2) is 30.5 Å². The number of esters is 1. The van der Waals surface area contributed by atoms with E-state index in [1.54, 1.807) is 12.3 Å². The molecule has 0 fully saturated rings. The molecule has 2 rings (SSSR count). The quantitative estimate of drug-likeness (QED) is 0.655. The van der Waals surface area contributed by atoms with Crippen molar-refractivity contribution in [2.75, 3.05) is 7.11 Å². The minimum absolute atomic E-state index is 0.313. The third kappa shape index (κ3) is 1.76. The van der Waals surface area contributed by atoms with Crippen molar-refractivity contribution in [1.82, 2.24) is 5.32 Å². The molecule has 0 aromatic heterocycles. The molecule has 1 aliphatic rings. The van der Waals surface area contributed by atoms with Crippen molar-refractivity contribution in [3.05, 3.63) is 46.5 Å². The van der Waals surface area contributed by atoms with E-state index in [1.165, 1.54) is 7.11 Å². The van der Waals surface area contributed by atoms with Gasteiger partial charge in [-0.25, -0.2) is 4.79 Å². The smallest absolute Gasteiger partial charge is 0.338 e. The van der Waals surface area contributed by atoms with Crippen LogP contribution in [0.25, 0.3) is 12.3 Å². The molecule has 15 heavy (non-hydrogen) atoms. The number of rotatable bonds is 1. The molecular weight excluding hydrogens is 190 g/mol. The normalized spacial score (nSPS) is 12.6. The van der Waals surface area contributed by atoms with Crippen molar-refractivity contribution >= 4 is 18.2 Å². The summed E-state index contributed by atoms with van der Waals surface area (Å²) >= 11 is 0. The summed E-state index contributed by atoms with van der Waals surface area (Å²) in [5, 5.41) is 4.85. The predicted octanol–water partition coefficient (Wildman–Crippen LogP) is 0.109. The van der Waals surface area contributed by atoms with Gasteiger partial charge in [-0.2, -0.15) is 0 Å². The molecule has 0 aliphatic carbocycles. The first-order valence-electron chi connectivity index (χ1n) is 4.63. The number of methoxy groups -OCH3 is 1. The fourth-order valence-corrected chi connectivity index (χ4v) is 1.52. The lowest BCUT2D eigenvalue weighted by atomic mass is 10.1. The van der Waals surface area contributed by atoms with Crippen LogP contribution in [0.1, 0.15) is 10.4 Å². The number of fused-ring (bicyclic) bond motifs is 1. The zero-order chi connectivity index (χ0) is 10.7. The zero-order valence-electron chi connectivity index (χ0n) is 8.36. The highest BCUT2D eigenvalue weighted by molar-refractivity contribution is 5.90. The van der Waals surface area contributed by atoms with Crippen molar-refractivity contribution in [2.24, 2.45) is 0 Å². The van der Waals surface area contributed by atoms with Gasteiger partial charge in [0.05, 0.1) is 12.7 Å². The van der Waals surface area contributed by atoms with Crippen LogP contribution < -0.4 is 15.8 Å². The van der Waals surface area contributed by atoms with E-state index in [1.807, 2.05) is 30.5 Å². The molecule has 0 unspecified atom stereocenters. The van der Waals surface area contributed by atoms with Gasteiger partial charge in [-0.05, 0) is 22.6 Å². The summed E-state index contributed by atoms with van der Waals surface area (Å²) in [6.45, 7) is 0. The average Bonchev–Trinajstić information content (AvgIpc) is 2.52. The van der Waals surface area contributed by atoms with E-state index >= 15 is 0 Å². The number of ether oxygens (including phenoxy) is 1. The topological polar surface area (TPSA) is 38.3 Å². The number of hydrogen-bond donors (Lipinski definition) is 1. The molecule has 1 aliphatic heterocycles. The SMILES string of the molecule is COC(=O)c1cccc2c1=CC=CNC=2. The number of hydrogen-bond acceptors (Lipinski definition) is 3. The lowest BCUT2D eigenvalue weighted by Crippen LogP contribution is -2.31. The second-order valence-electron chi connectivity index (χ2n) is 3.14. The Balaban J connectivity index is 2.74. The molecule has 0 bridgehead atoms. The van der Waals surface area contributed by atoms with E-state index in [0.717, 1.165) is 10.4 Å². The molecular formula is C12H11NO2. The Bertz CT molecular complexity index is 529. The summed E-state index contributed by atoms with van der Waals surface area (Å²) in [6.07, 6.45) is 7.40. The maximum atomic E-state index is 11.5. The summed E-state index contributed by atoms with van der Waals surface area (Å²) < 4.78 is 4.73. The van der Waals surface area contributed by atoms with E-state index in [4.69, 9.17) is 4.74 Å². The lowest BCUT2D eigenvalue weighted by Gasteiger charge is -2.00. The number of carbonyl (C=O) groups excluding carboxylic acids is 1. The summed E-state index contributed by atoms with van der Waals surface area (Å²) in [5.41, 5.74) is 0.583. The number of benzene rings is 1. The molecule has 0 atom stereocenters. The first kappa shape index (κ1) is 9.52. The van der Waals surface area contributed by atoms with E-state index in [9.17, 15) is 4.79 Å². The van der Waals surface area contributed by atoms with E-state index in [0.29, 0.717) is 5.56 Å². The van der Waals surface area contributed by atoms with Gasteiger partial charge in [-0.3, -0.25) is 0 Å². The Morgan fingerprint density at radius 1 is 1.40 bits per heavy atom. The number of allylic oxidation sites excluding steroid dienone is 1. The van der Waals surface area contributed by atoms with Crippen LogP contribution in [0.2, 0.25) is 0 Å². The summed E-state index contributed by atoms with van der Waals surface area (Å²) in [6, 6.07) is 5.54. The van der Waals surface area contributed by atoms with Crippen molar-refractivity contribution in [3.8, 4) is 0 Å². The van der Waals surface area contributed by atoms with Gasteiger partial charge in [-0.1, -0.05) is 18.2 Å². The Morgan fingerprint density at radius 2 is 2.27 bits per heavy atom. The van der Waals surface area contributed by atoms with Crippen LogP contribution in [0, 0.1) is 0 Å². The highest BCUT2D eigenvalue weighted by Crippen LogP contribution is 1.93. The molecule has 1 heterocycles. The molecule has 0 spiro atoms. The van der Waals surface area contributed by atoms with Gasteiger partial charge < -0.3 is 10.1 Å². The second-order valence-corrected chi connectivity index (χ2v) is 3.14. The largest absolute Gasteiger partial charge is 0.465 e. The van der Waals surface area contributed by atoms with Crippen molar-refractivity contribution in [2.45, 2.75) is 0 Å². The molecule has 3 nitrogen and oxygen atoms in total. The van der Waals surface area contributed by atoms with Crippen molar-refractivity contribution in [1.29, 1.82) is 0 Å². The molecule has 0 radical (unpaired) electrons. The molecule has 1 N–H and O–H groups in total. The van der Waals surface area contributed by atoms with E-state index in [-0.39, 0.29) is 5.97 Å². The van der Waals surface area contributed by atoms with E-state index in [2.05, 4.69) is 5.32 Å². The van der Waals surface area contributed by atoms with Gasteiger partial charge in [0.15, 0.2) is 0 Å². The van der Waals surface area contributed by atoms with Gasteiger partial charge in [0.1, 0.15) is 0 Å². The van der Waals surface area contributed by atoms with Crippen molar-refractivity contribution in [3.63, 3.8) is 0 Å². The second kappa shape index (κ2) is 4.00. The Labute approximate surface area is 87.4 Å². The van der Waals surface area contributed by atoms with Gasteiger partial charge in [0, 0.05) is 12.4 Å². The third-order valence-corrected chi connectivity index (χ3v) is 2.24. The van der Waals surface area contributed by atoms with Crippen LogP contribution >= 0.6 is 0 Å². The van der Waals surface area contributed by atoms with Crippen LogP contribution in [-0.4, -0.2) is 13.1 Å². The van der Waals surface area contributed by atoms with Crippen molar-refractivity contribution < 1.29 is 9.53 Å². The molecule has 1 aromatic rings. The fraction of sp³-hybridized carbons (Fsp3) is 0.0833. The Kier molecular flexibility index (Phi) is 2.54. The van der Waals surface area contributed by atoms with Gasteiger partial charge in [0.2, 0.25) is 0 Å². The van der Waals surface area contributed by atoms with E-state index < -0.39 is 0 Å². The molecule has 0 saturated heterocycles. The lowest BCUT2D eigenvalue weighted by molar-refractivity contribution is 0.0599. The molecule has 1 aromatic carbocycles. The highest BCUT2D eigenvalue weighted by atomic mass is 16.5. The van der Waals surface area contributed by atoms with Gasteiger partial charge >= 0.3 is 5.97 Å². The Morgan fingerprint density at radius 3 is 3.07 bits per heavy atom. The van der Waals surface area contributed by atoms with Crippen LogP contribution in [-0.2, 0) is 4.74 Å². The minimum Gasteiger partial charge on any atom is -0.465 e. The maximum absolute atomic E-state index is 11.5. The minimum atomic E-state index is -0.313. The van der Waals surface area contributed by atoms with Gasteiger partial charge in [-0.15, -0.1) is 0 Å². The van der Waals surface area contributed by atoms with Gasteiger partial charge in [0.25, 0.3) is 0 Å².